The first-order valence-corrected chi connectivity index (χ1v) is 37.6. The van der Waals surface area contributed by atoms with Gasteiger partial charge in [-0.05, 0) is 219 Å². The van der Waals surface area contributed by atoms with Crippen molar-refractivity contribution in [2.45, 2.75) is 0 Å². The van der Waals surface area contributed by atoms with Crippen molar-refractivity contribution in [3.8, 4) is 5.75 Å². The van der Waals surface area contributed by atoms with Crippen molar-refractivity contribution in [3.63, 3.8) is 0 Å². The Labute approximate surface area is 658 Å². The molecule has 4 aliphatic rings. The third-order valence-corrected chi connectivity index (χ3v) is 20.9. The van der Waals surface area contributed by atoms with E-state index in [0.717, 1.165) is 106 Å². The van der Waals surface area contributed by atoms with E-state index in [2.05, 4.69) is 118 Å². The molecule has 114 heavy (non-hydrogen) atoms. The summed E-state index contributed by atoms with van der Waals surface area (Å²) in [7, 11) is 0. The SMILES string of the molecule is O=C1C(=C2C=C(c3ccc(N(c4ccccc4)c4ccccc4)cc3)Oc3ccccc32)C(=O)c2ccccc21.O=C1C(=Cc2ccc(N(c3ccccc3)c3ccccc3)cc2)C(=O)c2cc3ccccc3cc21.O=C1C(=Cc2ccc3cc(N(c4ccccc4)c4ccccc4)ccc3c2)C(=O)c2cc3ccccc3cc21. The fourth-order valence-electron chi connectivity index (χ4n) is 15.4. The minimum Gasteiger partial charge on any atom is -0.456 e. The van der Waals surface area contributed by atoms with Crippen LogP contribution in [0.3, 0.4) is 0 Å². The maximum absolute atomic E-state index is 13.4. The molecule has 3 aliphatic carbocycles. The van der Waals surface area contributed by atoms with Crippen LogP contribution in [0.5, 0.6) is 5.75 Å². The molecule has 0 saturated carbocycles. The molecule has 0 atom stereocenters. The second-order valence-electron chi connectivity index (χ2n) is 28.0. The van der Waals surface area contributed by atoms with Gasteiger partial charge in [-0.1, -0.05) is 231 Å². The van der Waals surface area contributed by atoms with Crippen molar-refractivity contribution in [2.24, 2.45) is 0 Å². The number of rotatable bonds is 12. The van der Waals surface area contributed by atoms with Gasteiger partial charge in [-0.2, -0.15) is 0 Å². The van der Waals surface area contributed by atoms with Crippen LogP contribution < -0.4 is 19.4 Å². The molecular formula is C104H67N3O7. The molecule has 16 aromatic rings. The predicted octanol–water partition coefficient (Wildman–Crippen LogP) is 25.1. The average Bonchev–Trinajstić information content (AvgIpc) is 1.57. The monoisotopic (exact) mass is 1470 g/mol. The highest BCUT2D eigenvalue weighted by Crippen LogP contribution is 2.45. The van der Waals surface area contributed by atoms with Gasteiger partial charge in [-0.25, -0.2) is 0 Å². The van der Waals surface area contributed by atoms with Gasteiger partial charge < -0.3 is 19.4 Å². The van der Waals surface area contributed by atoms with Gasteiger partial charge in [0.2, 0.25) is 0 Å². The summed E-state index contributed by atoms with van der Waals surface area (Å²) in [6, 6.07) is 127. The fourth-order valence-corrected chi connectivity index (χ4v) is 15.4. The Bertz CT molecular complexity index is 6390. The van der Waals surface area contributed by atoms with Crippen molar-refractivity contribution in [1.82, 2.24) is 0 Å². The summed E-state index contributed by atoms with van der Waals surface area (Å²) in [5, 5.41) is 5.95. The van der Waals surface area contributed by atoms with Crippen LogP contribution in [0.25, 0.3) is 55.8 Å². The van der Waals surface area contributed by atoms with Gasteiger partial charge in [0, 0.05) is 101 Å². The zero-order valence-corrected chi connectivity index (χ0v) is 61.4. The lowest BCUT2D eigenvalue weighted by atomic mass is 9.92. The number of carbonyl (C=O) groups excluding carboxylic acids is 6. The van der Waals surface area contributed by atoms with Crippen molar-refractivity contribution in [2.75, 3.05) is 14.7 Å². The number of anilines is 9. The quantitative estimate of drug-likeness (QED) is 0.0863. The highest BCUT2D eigenvalue weighted by molar-refractivity contribution is 6.44. The van der Waals surface area contributed by atoms with Gasteiger partial charge in [0.15, 0.2) is 34.7 Å². The van der Waals surface area contributed by atoms with Gasteiger partial charge in [0.05, 0.1) is 16.7 Å². The summed E-state index contributed by atoms with van der Waals surface area (Å²) in [4.78, 5) is 86.0. The number of carbonyl (C=O) groups is 6. The third kappa shape index (κ3) is 13.6. The molecule has 0 bridgehead atoms. The first kappa shape index (κ1) is 70.2. The molecule has 16 aromatic carbocycles. The smallest absolute Gasteiger partial charge is 0.198 e. The molecule has 1 heterocycles. The molecule has 0 fully saturated rings. The van der Waals surface area contributed by atoms with Crippen molar-refractivity contribution in [3.05, 3.63) is 467 Å². The zero-order chi connectivity index (χ0) is 77.2. The van der Waals surface area contributed by atoms with Crippen LogP contribution >= 0.6 is 0 Å². The number of Topliss-reactive ketones (excluding diaryl/α,β-unsaturated/α-hetero) is 6. The van der Waals surface area contributed by atoms with Crippen LogP contribution in [0, 0.1) is 0 Å². The number of fused-ring (bicyclic) bond motifs is 7. The number of hydrogen-bond acceptors (Lipinski definition) is 10. The number of benzene rings is 16. The number of nitrogens with zero attached hydrogens (tertiary/aromatic N) is 3. The fraction of sp³-hybridized carbons (Fsp3) is 0. The minimum atomic E-state index is -0.250. The second kappa shape index (κ2) is 30.5. The Kier molecular flexibility index (Phi) is 18.8. The van der Waals surface area contributed by atoms with Crippen LogP contribution in [0.2, 0.25) is 0 Å². The van der Waals surface area contributed by atoms with Crippen LogP contribution in [0.1, 0.15) is 84.4 Å². The molecule has 540 valence electrons. The summed E-state index contributed by atoms with van der Waals surface area (Å²) >= 11 is 0. The molecular weight excluding hydrogens is 1400 g/mol. The summed E-state index contributed by atoms with van der Waals surface area (Å²) in [5.74, 6) is -0.159. The van der Waals surface area contributed by atoms with E-state index in [4.69, 9.17) is 4.74 Å². The molecule has 0 N–H and O–H groups in total. The van der Waals surface area contributed by atoms with E-state index in [9.17, 15) is 28.8 Å². The van der Waals surface area contributed by atoms with Crippen molar-refractivity contribution in [1.29, 1.82) is 0 Å². The zero-order valence-electron chi connectivity index (χ0n) is 61.4. The Morgan fingerprint density at radius 2 is 0.509 bits per heavy atom. The standard InChI is InChI=1S/C36H23NO3.C36H23NO2.C32H21NO2/c38-35-29-16-7-8-17-30(29)36(39)34(35)31-23-33(40-32-18-10-9-15-28(31)32)24-19-21-27(22-20-24)37(25-11-3-1-4-12-25)26-13-5-2-6-14-26;38-35-32-22-25-9-7-8-10-26(25)23-33(32)36(39)34(35)20-24-15-16-28-21-31(18-17-27(28)19-24)37(29-11-3-1-4-12-29)30-13-5-2-6-14-30;34-31-28-20-23-9-7-8-10-24(23)21-29(28)32(35)30(31)19-22-15-17-27(18-16-22)33(25-11-3-1-4-12-25)26-13-5-2-6-14-26/h1-23H;1-23H;1-21H. The molecule has 0 saturated heterocycles. The molecule has 1 aliphatic heterocycles. The van der Waals surface area contributed by atoms with Crippen molar-refractivity contribution < 1.29 is 33.5 Å². The van der Waals surface area contributed by atoms with E-state index in [1.807, 2.05) is 267 Å². The number of allylic oxidation sites excluding steroid dienone is 5. The first-order valence-electron chi connectivity index (χ1n) is 37.6. The molecule has 10 heteroatoms. The van der Waals surface area contributed by atoms with Crippen LogP contribution in [-0.2, 0) is 0 Å². The average molecular weight is 1470 g/mol. The number of ketones is 6. The third-order valence-electron chi connectivity index (χ3n) is 20.9. The molecule has 0 spiro atoms. The normalized spacial score (nSPS) is 13.1. The van der Waals surface area contributed by atoms with Gasteiger partial charge in [0.25, 0.3) is 0 Å². The number of para-hydroxylation sites is 7. The van der Waals surface area contributed by atoms with E-state index in [-0.39, 0.29) is 51.4 Å². The largest absolute Gasteiger partial charge is 0.456 e. The Morgan fingerprint density at radius 1 is 0.219 bits per heavy atom. The van der Waals surface area contributed by atoms with Crippen LogP contribution in [0.4, 0.5) is 51.2 Å². The summed E-state index contributed by atoms with van der Waals surface area (Å²) in [6.45, 7) is 0. The lowest BCUT2D eigenvalue weighted by molar-refractivity contribution is 0.0974. The highest BCUT2D eigenvalue weighted by atomic mass is 16.5. The molecule has 0 radical (unpaired) electrons. The van der Waals surface area contributed by atoms with E-state index in [0.29, 0.717) is 50.5 Å². The predicted molar refractivity (Wildman–Crippen MR) is 459 cm³/mol. The Balaban J connectivity index is 0.000000119. The molecule has 0 aromatic heterocycles. The molecule has 0 unspecified atom stereocenters. The van der Waals surface area contributed by atoms with Crippen molar-refractivity contribution >= 4 is 142 Å². The van der Waals surface area contributed by atoms with Gasteiger partial charge in [-0.15, -0.1) is 0 Å². The van der Waals surface area contributed by atoms with Crippen LogP contribution in [-0.4, -0.2) is 34.7 Å². The molecule has 0 amide bonds. The highest BCUT2D eigenvalue weighted by Gasteiger charge is 2.38. The molecule has 10 nitrogen and oxygen atoms in total. The maximum Gasteiger partial charge on any atom is 0.198 e. The summed E-state index contributed by atoms with van der Waals surface area (Å²) in [6.07, 6.45) is 5.25. The minimum absolute atomic E-state index is 0.186. The topological polar surface area (TPSA) is 121 Å². The number of hydrogen-bond donors (Lipinski definition) is 0. The van der Waals surface area contributed by atoms with Gasteiger partial charge in [0.1, 0.15) is 11.5 Å². The maximum atomic E-state index is 13.4. The van der Waals surface area contributed by atoms with Crippen LogP contribution in [0.15, 0.2) is 411 Å². The first-order chi connectivity index (χ1) is 56.0. The van der Waals surface area contributed by atoms with E-state index >= 15 is 0 Å². The summed E-state index contributed by atoms with van der Waals surface area (Å²) in [5.41, 5.74) is 16.6. The number of ether oxygens (including phenoxy) is 1. The second-order valence-corrected chi connectivity index (χ2v) is 28.0. The van der Waals surface area contributed by atoms with Gasteiger partial charge in [-0.3, -0.25) is 28.8 Å². The van der Waals surface area contributed by atoms with E-state index in [1.54, 1.807) is 36.4 Å². The van der Waals surface area contributed by atoms with Gasteiger partial charge >= 0.3 is 0 Å². The van der Waals surface area contributed by atoms with E-state index in [1.165, 1.54) is 0 Å². The molecule has 20 rings (SSSR count). The Morgan fingerprint density at radius 3 is 0.912 bits per heavy atom. The Hall–Kier alpha value is -15.5. The summed E-state index contributed by atoms with van der Waals surface area (Å²) < 4.78 is 6.32. The lowest BCUT2D eigenvalue weighted by Crippen LogP contribution is -2.11. The van der Waals surface area contributed by atoms with E-state index < -0.39 is 0 Å². The lowest BCUT2D eigenvalue weighted by Gasteiger charge is -2.26.